The Morgan fingerprint density at radius 1 is 1.25 bits per heavy atom. The molecule has 0 aromatic carbocycles. The van der Waals surface area contributed by atoms with E-state index in [0.29, 0.717) is 0 Å². The van der Waals surface area contributed by atoms with Crippen LogP contribution < -0.4 is 0 Å². The van der Waals surface area contributed by atoms with E-state index in [2.05, 4.69) is 0 Å². The van der Waals surface area contributed by atoms with Gasteiger partial charge in [0.2, 0.25) is 0 Å². The molecule has 0 unspecified atom stereocenters. The SMILES string of the molecule is C.Cl.[O]=[Fe]. The molecule has 0 heterocycles. The van der Waals surface area contributed by atoms with Crippen LogP contribution in [0.5, 0.6) is 0 Å². The fraction of sp³-hybridized carbons (Fsp3) is 1.00. The van der Waals surface area contributed by atoms with Gasteiger partial charge in [0, 0.05) is 0 Å². The molecule has 0 aromatic heterocycles. The quantitative estimate of drug-likeness (QED) is 0.439. The van der Waals surface area contributed by atoms with Crippen molar-refractivity contribution < 1.29 is 19.8 Å². The first-order valence-corrected chi connectivity index (χ1v) is 0.595. The van der Waals surface area contributed by atoms with Gasteiger partial charge in [0.1, 0.15) is 0 Å². The van der Waals surface area contributed by atoms with Crippen molar-refractivity contribution in [2.75, 3.05) is 0 Å². The van der Waals surface area contributed by atoms with Gasteiger partial charge in [-0.2, -0.15) is 0 Å². The second-order valence-electron chi connectivity index (χ2n) is 0. The Morgan fingerprint density at radius 2 is 1.25 bits per heavy atom. The van der Waals surface area contributed by atoms with Gasteiger partial charge < -0.3 is 0 Å². The van der Waals surface area contributed by atoms with Gasteiger partial charge in [0.05, 0.1) is 0 Å². The summed E-state index contributed by atoms with van der Waals surface area (Å²) in [4.78, 5) is 0. The molecule has 30 valence electrons. The van der Waals surface area contributed by atoms with Gasteiger partial charge in [-0.1, -0.05) is 7.43 Å². The van der Waals surface area contributed by atoms with Crippen molar-refractivity contribution >= 4 is 12.4 Å². The van der Waals surface area contributed by atoms with E-state index in [1.807, 2.05) is 15.9 Å². The molecule has 0 bridgehead atoms. The van der Waals surface area contributed by atoms with Gasteiger partial charge in [-0.3, -0.25) is 0 Å². The zero-order valence-corrected chi connectivity index (χ0v) is 3.09. The summed E-state index contributed by atoms with van der Waals surface area (Å²) in [6, 6.07) is 0. The second kappa shape index (κ2) is 66.2. The summed E-state index contributed by atoms with van der Waals surface area (Å²) in [6.45, 7) is 0. The normalized spacial score (nSPS) is 1.25. The molecule has 0 aliphatic carbocycles. The van der Waals surface area contributed by atoms with Gasteiger partial charge >= 0.3 is 19.8 Å². The second-order valence-corrected chi connectivity index (χ2v) is 0. The summed E-state index contributed by atoms with van der Waals surface area (Å²) in [7, 11) is 0. The Kier molecular flexibility index (Phi) is 383. The fourth-order valence-corrected chi connectivity index (χ4v) is 0. The van der Waals surface area contributed by atoms with Gasteiger partial charge in [-0.25, -0.2) is 0 Å². The molecule has 3 heteroatoms. The molecule has 0 saturated carbocycles. The average molecular weight is 124 g/mol. The molecule has 0 aromatic rings. The third-order valence-electron chi connectivity index (χ3n) is 0. The summed E-state index contributed by atoms with van der Waals surface area (Å²) in [5, 5.41) is 0. The predicted octanol–water partition coefficient (Wildman–Crippen LogP) is 0.937. The van der Waals surface area contributed by atoms with Crippen LogP contribution in [0, 0.1) is 0 Å². The zero-order valence-electron chi connectivity index (χ0n) is 1.17. The molecule has 0 saturated heterocycles. The molecule has 0 fully saturated rings. The molecule has 0 atom stereocenters. The van der Waals surface area contributed by atoms with Crippen molar-refractivity contribution in [2.45, 2.75) is 7.43 Å². The standard InChI is InChI=1S/CH4.ClH.Fe.O/h1H4;1H;;. The maximum absolute atomic E-state index is 8.00. The number of rotatable bonds is 0. The molecule has 4 heavy (non-hydrogen) atoms. The van der Waals surface area contributed by atoms with E-state index in [9.17, 15) is 0 Å². The van der Waals surface area contributed by atoms with Crippen molar-refractivity contribution in [1.29, 1.82) is 0 Å². The van der Waals surface area contributed by atoms with Gasteiger partial charge in [-0.15, -0.1) is 12.4 Å². The zero-order chi connectivity index (χ0) is 2.00. The number of hydrogen-bond donors (Lipinski definition) is 0. The molecule has 0 aliphatic heterocycles. The van der Waals surface area contributed by atoms with Crippen LogP contribution in [0.1, 0.15) is 7.43 Å². The van der Waals surface area contributed by atoms with Crippen LogP contribution in [0.15, 0.2) is 0 Å². The monoisotopic (exact) mass is 124 g/mol. The summed E-state index contributed by atoms with van der Waals surface area (Å²) in [5.41, 5.74) is 0. The summed E-state index contributed by atoms with van der Waals surface area (Å²) in [5.74, 6) is 0. The van der Waals surface area contributed by atoms with E-state index in [1.54, 1.807) is 0 Å². The Labute approximate surface area is 40.2 Å². The van der Waals surface area contributed by atoms with Crippen molar-refractivity contribution in [3.05, 3.63) is 0 Å². The van der Waals surface area contributed by atoms with Crippen LogP contribution in [-0.4, -0.2) is 0 Å². The van der Waals surface area contributed by atoms with Gasteiger partial charge in [-0.05, 0) is 0 Å². The molecule has 0 spiro atoms. The van der Waals surface area contributed by atoms with Gasteiger partial charge in [0.25, 0.3) is 0 Å². The molecule has 1 nitrogen and oxygen atoms in total. The summed E-state index contributed by atoms with van der Waals surface area (Å²) < 4.78 is 8.00. The maximum atomic E-state index is 8.00. The van der Waals surface area contributed by atoms with Crippen molar-refractivity contribution in [2.24, 2.45) is 0 Å². The topological polar surface area (TPSA) is 17.1 Å². The van der Waals surface area contributed by atoms with Crippen LogP contribution in [0.4, 0.5) is 0 Å². The first-order chi connectivity index (χ1) is 1.00. The number of halogens is 1. The molecule has 0 rings (SSSR count). The van der Waals surface area contributed by atoms with Crippen molar-refractivity contribution in [1.82, 2.24) is 0 Å². The van der Waals surface area contributed by atoms with E-state index >= 15 is 0 Å². The Bertz CT molecular complexity index is 8.00. The van der Waals surface area contributed by atoms with E-state index in [4.69, 9.17) is 3.83 Å². The molecule has 0 radical (unpaired) electrons. The van der Waals surface area contributed by atoms with Crippen LogP contribution in [0.25, 0.3) is 0 Å². The third kappa shape index (κ3) is 18.2. The first-order valence-electron chi connectivity index (χ1n) is 0.144. The van der Waals surface area contributed by atoms with Crippen LogP contribution in [0.3, 0.4) is 0 Å². The fourth-order valence-electron chi connectivity index (χ4n) is 0. The van der Waals surface area contributed by atoms with E-state index < -0.39 is 0 Å². The minimum absolute atomic E-state index is 0. The van der Waals surface area contributed by atoms with E-state index in [1.165, 1.54) is 0 Å². The Balaban J connectivity index is -0.00000000500. The molecular formula is CH5ClFeO. The summed E-state index contributed by atoms with van der Waals surface area (Å²) in [6.07, 6.45) is 0. The predicted molar refractivity (Wildman–Crippen MR) is 14.7 cm³/mol. The first kappa shape index (κ1) is 23.2. The van der Waals surface area contributed by atoms with Crippen molar-refractivity contribution in [3.63, 3.8) is 0 Å². The molecule has 0 aliphatic rings. The van der Waals surface area contributed by atoms with E-state index in [-0.39, 0.29) is 19.8 Å². The minimum atomic E-state index is 0. The Morgan fingerprint density at radius 3 is 1.25 bits per heavy atom. The van der Waals surface area contributed by atoms with Crippen LogP contribution in [0.2, 0.25) is 0 Å². The van der Waals surface area contributed by atoms with Crippen LogP contribution in [-0.2, 0) is 19.8 Å². The molecule has 0 amide bonds. The van der Waals surface area contributed by atoms with Crippen LogP contribution >= 0.6 is 12.4 Å². The molecule has 0 N–H and O–H groups in total. The van der Waals surface area contributed by atoms with Crippen molar-refractivity contribution in [3.8, 4) is 0 Å². The summed E-state index contributed by atoms with van der Waals surface area (Å²) >= 11 is 2.00. The number of hydrogen-bond acceptors (Lipinski definition) is 1. The third-order valence-corrected chi connectivity index (χ3v) is 0. The Hall–Kier alpha value is 0.609. The van der Waals surface area contributed by atoms with Gasteiger partial charge in [0.15, 0.2) is 0 Å². The average Bonchev–Trinajstić information content (AvgIpc) is 1.00. The molecular weight excluding hydrogens is 119 g/mol. The van der Waals surface area contributed by atoms with E-state index in [0.717, 1.165) is 0 Å².